The van der Waals surface area contributed by atoms with Crippen LogP contribution in [0.15, 0.2) is 12.4 Å². The summed E-state index contributed by atoms with van der Waals surface area (Å²) in [5, 5.41) is 7.64. The molecule has 2 aromatic heterocycles. The number of nitrogens with zero attached hydrogens (tertiary/aromatic N) is 2. The smallest absolute Gasteiger partial charge is 0.341 e. The summed E-state index contributed by atoms with van der Waals surface area (Å²) >= 11 is 1.51. The summed E-state index contributed by atoms with van der Waals surface area (Å²) in [5.41, 5.74) is 2.61. The van der Waals surface area contributed by atoms with Crippen molar-refractivity contribution in [3.8, 4) is 0 Å². The van der Waals surface area contributed by atoms with E-state index in [1.165, 1.54) is 16.2 Å². The Morgan fingerprint density at radius 2 is 2.16 bits per heavy atom. The zero-order valence-corrected chi connectivity index (χ0v) is 15.4. The van der Waals surface area contributed by atoms with Crippen LogP contribution in [0.25, 0.3) is 0 Å². The van der Waals surface area contributed by atoms with Gasteiger partial charge in [0.1, 0.15) is 11.5 Å². The average Bonchev–Trinajstić information content (AvgIpc) is 3.15. The van der Waals surface area contributed by atoms with Crippen LogP contribution in [0.1, 0.15) is 52.5 Å². The van der Waals surface area contributed by atoms with Crippen molar-refractivity contribution in [2.75, 3.05) is 11.9 Å². The van der Waals surface area contributed by atoms with Crippen LogP contribution in [0.2, 0.25) is 0 Å². The predicted molar refractivity (Wildman–Crippen MR) is 97.1 cm³/mol. The van der Waals surface area contributed by atoms with E-state index in [1.54, 1.807) is 10.9 Å². The number of hydrogen-bond acceptors (Lipinski definition) is 5. The fourth-order valence-electron chi connectivity index (χ4n) is 3.00. The van der Waals surface area contributed by atoms with Crippen molar-refractivity contribution in [2.45, 2.75) is 52.5 Å². The summed E-state index contributed by atoms with van der Waals surface area (Å²) in [7, 11) is 0. The van der Waals surface area contributed by atoms with Crippen LogP contribution in [-0.2, 0) is 28.9 Å². The molecule has 1 N–H and O–H groups in total. The highest BCUT2D eigenvalue weighted by atomic mass is 32.1. The molecule has 7 heteroatoms. The Bertz CT molecular complexity index is 779. The number of anilines is 1. The van der Waals surface area contributed by atoms with E-state index in [9.17, 15) is 9.59 Å². The summed E-state index contributed by atoms with van der Waals surface area (Å²) in [6.45, 7) is 4.41. The Kier molecular flexibility index (Phi) is 5.53. The number of aryl methyl sites for hydroxylation is 2. The van der Waals surface area contributed by atoms with Gasteiger partial charge in [-0.15, -0.1) is 11.3 Å². The molecule has 0 unspecified atom stereocenters. The predicted octanol–water partition coefficient (Wildman–Crippen LogP) is 3.34. The van der Waals surface area contributed by atoms with E-state index in [0.717, 1.165) is 43.2 Å². The third-order valence-electron chi connectivity index (χ3n) is 4.13. The normalized spacial score (nSPS) is 13.4. The number of thiophene rings is 1. The topological polar surface area (TPSA) is 73.2 Å². The van der Waals surface area contributed by atoms with Gasteiger partial charge in [0.15, 0.2) is 0 Å². The lowest BCUT2D eigenvalue weighted by atomic mass is 9.95. The highest BCUT2D eigenvalue weighted by molar-refractivity contribution is 7.17. The van der Waals surface area contributed by atoms with E-state index in [2.05, 4.69) is 10.4 Å². The van der Waals surface area contributed by atoms with Gasteiger partial charge >= 0.3 is 5.97 Å². The van der Waals surface area contributed by atoms with E-state index in [-0.39, 0.29) is 18.4 Å². The SMILES string of the molecule is CCCOC(=O)c1c(NC(=O)Cn2cc(C)cn2)sc2c1CCCC2. The molecule has 1 amide bonds. The number of carbonyl (C=O) groups is 2. The molecule has 0 atom stereocenters. The number of hydrogen-bond donors (Lipinski definition) is 1. The molecule has 0 fully saturated rings. The van der Waals surface area contributed by atoms with Crippen LogP contribution < -0.4 is 5.32 Å². The largest absolute Gasteiger partial charge is 0.462 e. The molecule has 134 valence electrons. The third kappa shape index (κ3) is 4.10. The van der Waals surface area contributed by atoms with E-state index in [1.807, 2.05) is 20.0 Å². The van der Waals surface area contributed by atoms with Crippen molar-refractivity contribution >= 4 is 28.2 Å². The number of fused-ring (bicyclic) bond motifs is 1. The van der Waals surface area contributed by atoms with Gasteiger partial charge < -0.3 is 10.1 Å². The highest BCUT2D eigenvalue weighted by Gasteiger charge is 2.27. The Balaban J connectivity index is 1.80. The quantitative estimate of drug-likeness (QED) is 0.801. The highest BCUT2D eigenvalue weighted by Crippen LogP contribution is 2.38. The van der Waals surface area contributed by atoms with Crippen molar-refractivity contribution in [1.82, 2.24) is 9.78 Å². The molecule has 2 heterocycles. The van der Waals surface area contributed by atoms with E-state index in [4.69, 9.17) is 4.74 Å². The number of ether oxygens (including phenoxy) is 1. The Morgan fingerprint density at radius 3 is 2.88 bits per heavy atom. The number of nitrogens with one attached hydrogen (secondary N) is 1. The molecule has 2 aromatic rings. The molecule has 1 aliphatic rings. The van der Waals surface area contributed by atoms with Crippen LogP contribution in [0, 0.1) is 6.92 Å². The summed E-state index contributed by atoms with van der Waals surface area (Å²) in [6, 6.07) is 0. The lowest BCUT2D eigenvalue weighted by Crippen LogP contribution is -2.20. The van der Waals surface area contributed by atoms with Crippen LogP contribution in [0.5, 0.6) is 0 Å². The zero-order chi connectivity index (χ0) is 17.8. The number of esters is 1. The van der Waals surface area contributed by atoms with Crippen LogP contribution in [-0.4, -0.2) is 28.3 Å². The first-order valence-electron chi connectivity index (χ1n) is 8.69. The van der Waals surface area contributed by atoms with Gasteiger partial charge in [-0.25, -0.2) is 4.79 Å². The second kappa shape index (κ2) is 7.82. The lowest BCUT2D eigenvalue weighted by molar-refractivity contribution is -0.116. The van der Waals surface area contributed by atoms with Crippen LogP contribution in [0.4, 0.5) is 5.00 Å². The Hall–Kier alpha value is -2.15. The summed E-state index contributed by atoms with van der Waals surface area (Å²) in [5.74, 6) is -0.516. The molecule has 0 saturated heterocycles. The molecule has 0 spiro atoms. The first-order chi connectivity index (χ1) is 12.1. The molecule has 0 radical (unpaired) electrons. The van der Waals surface area contributed by atoms with Gasteiger partial charge in [-0.2, -0.15) is 5.10 Å². The molecule has 0 saturated carbocycles. The molecule has 25 heavy (non-hydrogen) atoms. The molecular weight excluding hydrogens is 338 g/mol. The molecule has 0 aromatic carbocycles. The van der Waals surface area contributed by atoms with Gasteiger partial charge in [0.2, 0.25) is 5.91 Å². The van der Waals surface area contributed by atoms with Crippen molar-refractivity contribution in [1.29, 1.82) is 0 Å². The number of carbonyl (C=O) groups excluding carboxylic acids is 2. The fraction of sp³-hybridized carbons (Fsp3) is 0.500. The minimum Gasteiger partial charge on any atom is -0.462 e. The van der Waals surface area contributed by atoms with Gasteiger partial charge in [0, 0.05) is 11.1 Å². The average molecular weight is 361 g/mol. The van der Waals surface area contributed by atoms with Gasteiger partial charge in [-0.3, -0.25) is 9.48 Å². The summed E-state index contributed by atoms with van der Waals surface area (Å²) in [4.78, 5) is 26.1. The van der Waals surface area contributed by atoms with Gasteiger partial charge in [-0.05, 0) is 50.2 Å². The Morgan fingerprint density at radius 1 is 1.36 bits per heavy atom. The second-order valence-corrected chi connectivity index (χ2v) is 7.42. The molecule has 1 aliphatic carbocycles. The molecule has 3 rings (SSSR count). The second-order valence-electron chi connectivity index (χ2n) is 6.31. The van der Waals surface area contributed by atoms with E-state index < -0.39 is 0 Å². The number of aromatic nitrogens is 2. The van der Waals surface area contributed by atoms with Gasteiger partial charge in [0.05, 0.1) is 18.4 Å². The third-order valence-corrected chi connectivity index (χ3v) is 5.34. The van der Waals surface area contributed by atoms with E-state index >= 15 is 0 Å². The number of rotatable bonds is 6. The maximum absolute atomic E-state index is 12.5. The Labute approximate surface area is 151 Å². The molecule has 6 nitrogen and oxygen atoms in total. The first kappa shape index (κ1) is 17.7. The van der Waals surface area contributed by atoms with Crippen LogP contribution >= 0.6 is 11.3 Å². The summed E-state index contributed by atoms with van der Waals surface area (Å²) in [6.07, 6.45) is 8.33. The molecule has 0 bridgehead atoms. The standard InChI is InChI=1S/C18H23N3O3S/c1-3-8-24-18(23)16-13-6-4-5-7-14(13)25-17(16)20-15(22)11-21-10-12(2)9-19-21/h9-10H,3-8,11H2,1-2H3,(H,20,22). The van der Waals surface area contributed by atoms with Crippen molar-refractivity contribution in [3.05, 3.63) is 34.0 Å². The minimum atomic E-state index is -0.327. The fourth-order valence-corrected chi connectivity index (χ4v) is 4.30. The van der Waals surface area contributed by atoms with Crippen molar-refractivity contribution < 1.29 is 14.3 Å². The van der Waals surface area contributed by atoms with Crippen molar-refractivity contribution in [2.24, 2.45) is 0 Å². The van der Waals surface area contributed by atoms with Gasteiger partial charge in [0.25, 0.3) is 0 Å². The maximum Gasteiger partial charge on any atom is 0.341 e. The van der Waals surface area contributed by atoms with Gasteiger partial charge in [-0.1, -0.05) is 6.92 Å². The lowest BCUT2D eigenvalue weighted by Gasteiger charge is -2.12. The van der Waals surface area contributed by atoms with E-state index in [0.29, 0.717) is 17.2 Å². The molecule has 0 aliphatic heterocycles. The maximum atomic E-state index is 12.5. The minimum absolute atomic E-state index is 0.125. The number of amides is 1. The zero-order valence-electron chi connectivity index (χ0n) is 14.6. The summed E-state index contributed by atoms with van der Waals surface area (Å²) < 4.78 is 6.93. The first-order valence-corrected chi connectivity index (χ1v) is 9.50. The van der Waals surface area contributed by atoms with Crippen LogP contribution in [0.3, 0.4) is 0 Å². The molecular formula is C18H23N3O3S. The monoisotopic (exact) mass is 361 g/mol. The van der Waals surface area contributed by atoms with Crippen molar-refractivity contribution in [3.63, 3.8) is 0 Å².